The third-order valence-corrected chi connectivity index (χ3v) is 3.79. The van der Waals surface area contributed by atoms with Gasteiger partial charge >= 0.3 is 5.97 Å². The van der Waals surface area contributed by atoms with Gasteiger partial charge in [-0.1, -0.05) is 12.1 Å². The molecule has 0 fully saturated rings. The summed E-state index contributed by atoms with van der Waals surface area (Å²) in [4.78, 5) is 24.9. The predicted octanol–water partition coefficient (Wildman–Crippen LogP) is 3.08. The second kappa shape index (κ2) is 6.85. The molecule has 0 radical (unpaired) electrons. The lowest BCUT2D eigenvalue weighted by molar-refractivity contribution is -0.131. The van der Waals surface area contributed by atoms with Gasteiger partial charge < -0.3 is 10.4 Å². The van der Waals surface area contributed by atoms with Crippen LogP contribution in [0.2, 0.25) is 0 Å². The van der Waals surface area contributed by atoms with Crippen molar-refractivity contribution in [1.29, 1.82) is 0 Å². The van der Waals surface area contributed by atoms with E-state index in [-0.39, 0.29) is 5.91 Å². The first kappa shape index (κ1) is 15.0. The van der Waals surface area contributed by atoms with Crippen LogP contribution in [0.5, 0.6) is 0 Å². The summed E-state index contributed by atoms with van der Waals surface area (Å²) in [5, 5.41) is 11.5. The molecule has 21 heavy (non-hydrogen) atoms. The number of carbonyl (C=O) groups excluding carboxylic acids is 1. The van der Waals surface area contributed by atoms with Gasteiger partial charge in [0.15, 0.2) is 0 Å². The number of carbonyl (C=O) groups is 2. The molecule has 0 aliphatic carbocycles. The molecule has 1 aromatic heterocycles. The molecule has 5 heteroatoms. The van der Waals surface area contributed by atoms with Crippen LogP contribution >= 0.6 is 11.3 Å². The molecule has 0 atom stereocenters. The topological polar surface area (TPSA) is 66.4 Å². The summed E-state index contributed by atoms with van der Waals surface area (Å²) in [7, 11) is 0. The molecule has 1 aromatic carbocycles. The molecular weight excluding hydrogens is 286 g/mol. The van der Waals surface area contributed by atoms with E-state index in [4.69, 9.17) is 5.11 Å². The lowest BCUT2D eigenvalue weighted by Gasteiger charge is -2.04. The van der Waals surface area contributed by atoms with Gasteiger partial charge in [-0.05, 0) is 42.8 Å². The Bertz CT molecular complexity index is 688. The molecule has 2 rings (SSSR count). The minimum Gasteiger partial charge on any atom is -0.478 e. The molecule has 0 saturated carbocycles. The highest BCUT2D eigenvalue weighted by atomic mass is 32.1. The molecule has 0 bridgehead atoms. The van der Waals surface area contributed by atoms with Crippen LogP contribution in [0.25, 0.3) is 6.08 Å². The van der Waals surface area contributed by atoms with Crippen molar-refractivity contribution in [3.63, 3.8) is 0 Å². The van der Waals surface area contributed by atoms with Gasteiger partial charge in [0.1, 0.15) is 0 Å². The Kier molecular flexibility index (Phi) is 4.90. The SMILES string of the molecule is Cc1ccc(CNC(=O)c2cccc(C=CC(=O)O)c2)s1. The van der Waals surface area contributed by atoms with Crippen LogP contribution in [0.4, 0.5) is 0 Å². The Balaban J connectivity index is 2.02. The number of aryl methyl sites for hydroxylation is 1. The zero-order valence-corrected chi connectivity index (χ0v) is 12.3. The third kappa shape index (κ3) is 4.57. The highest BCUT2D eigenvalue weighted by Crippen LogP contribution is 2.15. The molecule has 2 N–H and O–H groups in total. The van der Waals surface area contributed by atoms with E-state index in [1.165, 1.54) is 11.0 Å². The molecule has 0 aliphatic rings. The number of carboxylic acid groups (broad SMARTS) is 1. The molecule has 0 spiro atoms. The van der Waals surface area contributed by atoms with Gasteiger partial charge in [-0.3, -0.25) is 4.79 Å². The summed E-state index contributed by atoms with van der Waals surface area (Å²) in [5.41, 5.74) is 1.19. The van der Waals surface area contributed by atoms with Crippen molar-refractivity contribution in [1.82, 2.24) is 5.32 Å². The summed E-state index contributed by atoms with van der Waals surface area (Å²) in [6, 6.07) is 10.8. The highest BCUT2D eigenvalue weighted by molar-refractivity contribution is 7.11. The number of hydrogen-bond donors (Lipinski definition) is 2. The molecule has 108 valence electrons. The van der Waals surface area contributed by atoms with Crippen molar-refractivity contribution in [2.24, 2.45) is 0 Å². The van der Waals surface area contributed by atoms with Crippen LogP contribution in [0.3, 0.4) is 0 Å². The fourth-order valence-electron chi connectivity index (χ4n) is 1.80. The summed E-state index contributed by atoms with van der Waals surface area (Å²) in [6.45, 7) is 2.51. The normalized spacial score (nSPS) is 10.7. The van der Waals surface area contributed by atoms with Crippen LogP contribution in [0.1, 0.15) is 25.7 Å². The molecule has 1 heterocycles. The Hall–Kier alpha value is -2.40. The van der Waals surface area contributed by atoms with E-state index in [2.05, 4.69) is 5.32 Å². The fourth-order valence-corrected chi connectivity index (χ4v) is 2.63. The van der Waals surface area contributed by atoms with Crippen LogP contribution in [-0.2, 0) is 11.3 Å². The van der Waals surface area contributed by atoms with Gasteiger partial charge in [0, 0.05) is 21.4 Å². The van der Waals surface area contributed by atoms with E-state index in [1.807, 2.05) is 19.1 Å². The van der Waals surface area contributed by atoms with E-state index in [0.29, 0.717) is 17.7 Å². The van der Waals surface area contributed by atoms with Crippen molar-refractivity contribution in [3.05, 3.63) is 63.4 Å². The Morgan fingerprint density at radius 3 is 2.76 bits per heavy atom. The number of thiophene rings is 1. The fraction of sp³-hybridized carbons (Fsp3) is 0.125. The molecule has 0 unspecified atom stereocenters. The van der Waals surface area contributed by atoms with Crippen LogP contribution < -0.4 is 5.32 Å². The second-order valence-corrected chi connectivity index (χ2v) is 5.86. The van der Waals surface area contributed by atoms with Gasteiger partial charge in [0.05, 0.1) is 6.54 Å². The van der Waals surface area contributed by atoms with Gasteiger partial charge in [-0.25, -0.2) is 4.79 Å². The monoisotopic (exact) mass is 301 g/mol. The minimum absolute atomic E-state index is 0.174. The van der Waals surface area contributed by atoms with Crippen molar-refractivity contribution in [2.45, 2.75) is 13.5 Å². The Morgan fingerprint density at radius 2 is 2.10 bits per heavy atom. The van der Waals surface area contributed by atoms with Crippen molar-refractivity contribution in [2.75, 3.05) is 0 Å². The summed E-state index contributed by atoms with van der Waals surface area (Å²) < 4.78 is 0. The Morgan fingerprint density at radius 1 is 1.29 bits per heavy atom. The second-order valence-electron chi connectivity index (χ2n) is 4.49. The number of amides is 1. The van der Waals surface area contributed by atoms with Crippen molar-refractivity contribution >= 4 is 29.3 Å². The van der Waals surface area contributed by atoms with Gasteiger partial charge in [0.2, 0.25) is 0 Å². The number of benzene rings is 1. The van der Waals surface area contributed by atoms with Gasteiger partial charge in [-0.2, -0.15) is 0 Å². The van der Waals surface area contributed by atoms with Crippen molar-refractivity contribution in [3.8, 4) is 0 Å². The van der Waals surface area contributed by atoms with E-state index >= 15 is 0 Å². The molecule has 0 saturated heterocycles. The Labute approximate surface area is 126 Å². The van der Waals surface area contributed by atoms with Crippen molar-refractivity contribution < 1.29 is 14.7 Å². The molecule has 1 amide bonds. The maximum Gasteiger partial charge on any atom is 0.328 e. The standard InChI is InChI=1S/C16H15NO3S/c1-11-5-7-14(21-11)10-17-16(20)13-4-2-3-12(9-13)6-8-15(18)19/h2-9H,10H2,1H3,(H,17,20)(H,18,19). The van der Waals surface area contributed by atoms with E-state index in [9.17, 15) is 9.59 Å². The number of nitrogens with one attached hydrogen (secondary N) is 1. The molecule has 0 aliphatic heterocycles. The summed E-state index contributed by atoms with van der Waals surface area (Å²) in [5.74, 6) is -1.19. The molecular formula is C16H15NO3S. The lowest BCUT2D eigenvalue weighted by Crippen LogP contribution is -2.22. The zero-order valence-electron chi connectivity index (χ0n) is 11.5. The smallest absolute Gasteiger partial charge is 0.328 e. The van der Waals surface area contributed by atoms with E-state index in [1.54, 1.807) is 35.6 Å². The van der Waals surface area contributed by atoms with Crippen LogP contribution in [0.15, 0.2) is 42.5 Å². The maximum atomic E-state index is 12.1. The highest BCUT2D eigenvalue weighted by Gasteiger charge is 2.06. The number of aliphatic carboxylic acids is 1. The van der Waals surface area contributed by atoms with Gasteiger partial charge in [-0.15, -0.1) is 11.3 Å². The largest absolute Gasteiger partial charge is 0.478 e. The summed E-state index contributed by atoms with van der Waals surface area (Å²) in [6.07, 6.45) is 2.51. The molecule has 4 nitrogen and oxygen atoms in total. The first-order chi connectivity index (χ1) is 10.0. The first-order valence-corrected chi connectivity index (χ1v) is 7.21. The summed E-state index contributed by atoms with van der Waals surface area (Å²) >= 11 is 1.65. The van der Waals surface area contributed by atoms with Crippen LogP contribution in [-0.4, -0.2) is 17.0 Å². The van der Waals surface area contributed by atoms with E-state index < -0.39 is 5.97 Å². The van der Waals surface area contributed by atoms with Crippen LogP contribution in [0, 0.1) is 6.92 Å². The van der Waals surface area contributed by atoms with Gasteiger partial charge in [0.25, 0.3) is 5.91 Å². The average molecular weight is 301 g/mol. The quantitative estimate of drug-likeness (QED) is 0.834. The maximum absolute atomic E-state index is 12.1. The zero-order chi connectivity index (χ0) is 15.2. The lowest BCUT2D eigenvalue weighted by atomic mass is 10.1. The number of carboxylic acids is 1. The third-order valence-electron chi connectivity index (χ3n) is 2.79. The molecule has 2 aromatic rings. The number of rotatable bonds is 5. The average Bonchev–Trinajstić information content (AvgIpc) is 2.88. The van der Waals surface area contributed by atoms with E-state index in [0.717, 1.165) is 11.0 Å². The first-order valence-electron chi connectivity index (χ1n) is 6.39. The number of hydrogen-bond acceptors (Lipinski definition) is 3. The minimum atomic E-state index is -1.02. The predicted molar refractivity (Wildman–Crippen MR) is 83.3 cm³/mol.